The van der Waals surface area contributed by atoms with Crippen LogP contribution in [0.4, 0.5) is 4.79 Å². The molecule has 6 heteroatoms. The second kappa shape index (κ2) is 6.21. The molecule has 0 aliphatic heterocycles. The normalized spacial score (nSPS) is 10.9. The number of alkyl carbamates (subject to hydrolysis) is 1. The van der Waals surface area contributed by atoms with E-state index >= 15 is 0 Å². The molecule has 0 aromatic carbocycles. The minimum atomic E-state index is -0.509. The zero-order valence-electron chi connectivity index (χ0n) is 9.41. The molecule has 0 aromatic rings. The second-order valence-corrected chi connectivity index (χ2v) is 4.19. The van der Waals surface area contributed by atoms with Crippen LogP contribution in [0.1, 0.15) is 33.6 Å². The minimum absolute atomic E-state index is 0.0595. The van der Waals surface area contributed by atoms with Crippen LogP contribution >= 0.6 is 0 Å². The maximum atomic E-state index is 11.1. The van der Waals surface area contributed by atoms with Crippen LogP contribution in [0, 0.1) is 10.1 Å². The lowest BCUT2D eigenvalue weighted by Crippen LogP contribution is -2.33. The Hall–Kier alpha value is -1.33. The van der Waals surface area contributed by atoms with E-state index in [1.54, 1.807) is 20.8 Å². The van der Waals surface area contributed by atoms with E-state index in [1.165, 1.54) is 0 Å². The van der Waals surface area contributed by atoms with Crippen molar-refractivity contribution in [3.05, 3.63) is 10.1 Å². The summed E-state index contributed by atoms with van der Waals surface area (Å²) in [5, 5.41) is 12.5. The van der Waals surface area contributed by atoms with Gasteiger partial charge in [0.2, 0.25) is 6.54 Å². The number of hydrogen-bond donors (Lipinski definition) is 1. The van der Waals surface area contributed by atoms with Gasteiger partial charge in [0.25, 0.3) is 0 Å². The van der Waals surface area contributed by atoms with Crippen molar-refractivity contribution in [1.82, 2.24) is 5.32 Å². The Morgan fingerprint density at radius 3 is 2.47 bits per heavy atom. The van der Waals surface area contributed by atoms with Crippen LogP contribution in [0.2, 0.25) is 0 Å². The van der Waals surface area contributed by atoms with Gasteiger partial charge < -0.3 is 10.1 Å². The van der Waals surface area contributed by atoms with Gasteiger partial charge in [-0.25, -0.2) is 4.79 Å². The summed E-state index contributed by atoms with van der Waals surface area (Å²) in [7, 11) is 0. The number of nitrogens with zero attached hydrogens (tertiary/aromatic N) is 1. The molecular formula is C9H18N2O4. The fraction of sp³-hybridized carbons (Fsp3) is 0.889. The highest BCUT2D eigenvalue weighted by molar-refractivity contribution is 5.67. The van der Waals surface area contributed by atoms with Crippen molar-refractivity contribution < 1.29 is 14.5 Å². The van der Waals surface area contributed by atoms with E-state index < -0.39 is 11.7 Å². The van der Waals surface area contributed by atoms with Crippen LogP contribution in [0.3, 0.4) is 0 Å². The lowest BCUT2D eigenvalue weighted by molar-refractivity contribution is -0.480. The van der Waals surface area contributed by atoms with E-state index in [0.717, 1.165) is 0 Å². The van der Waals surface area contributed by atoms with E-state index in [0.29, 0.717) is 19.4 Å². The zero-order valence-corrected chi connectivity index (χ0v) is 9.41. The van der Waals surface area contributed by atoms with Crippen LogP contribution in [-0.2, 0) is 4.74 Å². The minimum Gasteiger partial charge on any atom is -0.444 e. The molecule has 0 heterocycles. The largest absolute Gasteiger partial charge is 0.444 e. The smallest absolute Gasteiger partial charge is 0.407 e. The van der Waals surface area contributed by atoms with Crippen molar-refractivity contribution in [2.75, 3.05) is 13.1 Å². The SMILES string of the molecule is CC(C)(C)OC(=O)NCCCC[N+](=O)[O-]. The average Bonchev–Trinajstić information content (AvgIpc) is 1.99. The summed E-state index contributed by atoms with van der Waals surface area (Å²) in [5.41, 5.74) is -0.509. The summed E-state index contributed by atoms with van der Waals surface area (Å²) in [4.78, 5) is 20.7. The van der Waals surface area contributed by atoms with Gasteiger partial charge in [0.15, 0.2) is 0 Å². The molecule has 0 aromatic heterocycles. The Morgan fingerprint density at radius 1 is 1.40 bits per heavy atom. The number of nitrogens with one attached hydrogen (secondary N) is 1. The fourth-order valence-corrected chi connectivity index (χ4v) is 0.871. The predicted molar refractivity (Wildman–Crippen MR) is 55.3 cm³/mol. The molecule has 0 spiro atoms. The van der Waals surface area contributed by atoms with E-state index in [2.05, 4.69) is 5.32 Å². The van der Waals surface area contributed by atoms with Crippen LogP contribution in [-0.4, -0.2) is 29.7 Å². The first-order valence-electron chi connectivity index (χ1n) is 4.90. The molecule has 1 N–H and O–H groups in total. The average molecular weight is 218 g/mol. The van der Waals surface area contributed by atoms with Gasteiger partial charge >= 0.3 is 6.09 Å². The summed E-state index contributed by atoms with van der Waals surface area (Å²) in [6.07, 6.45) is 0.562. The van der Waals surface area contributed by atoms with Gasteiger partial charge in [0.1, 0.15) is 5.60 Å². The molecule has 0 rings (SSSR count). The van der Waals surface area contributed by atoms with Gasteiger partial charge in [-0.3, -0.25) is 10.1 Å². The summed E-state index contributed by atoms with van der Waals surface area (Å²) in [6, 6.07) is 0. The Bertz CT molecular complexity index is 223. The summed E-state index contributed by atoms with van der Waals surface area (Å²) < 4.78 is 4.98. The van der Waals surface area contributed by atoms with Gasteiger partial charge in [-0.1, -0.05) is 0 Å². The third-order valence-electron chi connectivity index (χ3n) is 1.44. The Kier molecular flexibility index (Phi) is 5.66. The van der Waals surface area contributed by atoms with Gasteiger partial charge in [0.05, 0.1) is 0 Å². The number of nitro groups is 1. The zero-order chi connectivity index (χ0) is 11.9. The highest BCUT2D eigenvalue weighted by atomic mass is 16.6. The van der Waals surface area contributed by atoms with E-state index in [1.807, 2.05) is 0 Å². The van der Waals surface area contributed by atoms with Gasteiger partial charge in [0, 0.05) is 17.9 Å². The number of unbranched alkanes of at least 4 members (excludes halogenated alkanes) is 1. The lowest BCUT2D eigenvalue weighted by atomic mass is 10.2. The number of carbonyl (C=O) groups is 1. The monoisotopic (exact) mass is 218 g/mol. The maximum Gasteiger partial charge on any atom is 0.407 e. The highest BCUT2D eigenvalue weighted by Crippen LogP contribution is 2.06. The quantitative estimate of drug-likeness (QED) is 0.431. The number of amides is 1. The first-order valence-corrected chi connectivity index (χ1v) is 4.90. The molecule has 0 atom stereocenters. The first kappa shape index (κ1) is 13.7. The fourth-order valence-electron chi connectivity index (χ4n) is 0.871. The van der Waals surface area contributed by atoms with Crippen molar-refractivity contribution in [2.45, 2.75) is 39.2 Å². The van der Waals surface area contributed by atoms with Crippen molar-refractivity contribution in [1.29, 1.82) is 0 Å². The lowest BCUT2D eigenvalue weighted by Gasteiger charge is -2.19. The van der Waals surface area contributed by atoms with Crippen molar-refractivity contribution in [3.8, 4) is 0 Å². The Balaban J connectivity index is 3.44. The number of carbonyl (C=O) groups excluding carboxylic acids is 1. The van der Waals surface area contributed by atoms with E-state index in [-0.39, 0.29) is 11.5 Å². The van der Waals surface area contributed by atoms with Gasteiger partial charge in [-0.05, 0) is 27.2 Å². The topological polar surface area (TPSA) is 81.5 Å². The number of hydrogen-bond acceptors (Lipinski definition) is 4. The Morgan fingerprint density at radius 2 is 2.00 bits per heavy atom. The highest BCUT2D eigenvalue weighted by Gasteiger charge is 2.15. The molecule has 0 aliphatic rings. The molecule has 0 unspecified atom stereocenters. The van der Waals surface area contributed by atoms with Crippen LogP contribution in [0.5, 0.6) is 0 Å². The van der Waals surface area contributed by atoms with E-state index in [4.69, 9.17) is 4.74 Å². The third kappa shape index (κ3) is 10.6. The first-order chi connectivity index (χ1) is 6.81. The van der Waals surface area contributed by atoms with Gasteiger partial charge in [-0.15, -0.1) is 0 Å². The van der Waals surface area contributed by atoms with Crippen molar-refractivity contribution in [3.63, 3.8) is 0 Å². The molecule has 6 nitrogen and oxygen atoms in total. The van der Waals surface area contributed by atoms with Crippen molar-refractivity contribution >= 4 is 6.09 Å². The van der Waals surface area contributed by atoms with Crippen LogP contribution in [0.15, 0.2) is 0 Å². The molecule has 1 amide bonds. The summed E-state index contributed by atoms with van der Waals surface area (Å²) in [5.74, 6) is 0. The van der Waals surface area contributed by atoms with Crippen LogP contribution < -0.4 is 5.32 Å². The number of rotatable bonds is 5. The van der Waals surface area contributed by atoms with E-state index in [9.17, 15) is 14.9 Å². The number of ether oxygens (including phenoxy) is 1. The van der Waals surface area contributed by atoms with Gasteiger partial charge in [-0.2, -0.15) is 0 Å². The maximum absolute atomic E-state index is 11.1. The molecule has 0 saturated carbocycles. The predicted octanol–water partition coefficient (Wildman–Crippen LogP) is 1.57. The standard InChI is InChI=1S/C9H18N2O4/c1-9(2,3)15-8(12)10-6-4-5-7-11(13)14/h4-7H2,1-3H3,(H,10,12). The third-order valence-corrected chi connectivity index (χ3v) is 1.44. The molecule has 0 fully saturated rings. The molecule has 15 heavy (non-hydrogen) atoms. The summed E-state index contributed by atoms with van der Waals surface area (Å²) in [6.45, 7) is 5.68. The molecule has 0 bridgehead atoms. The molecule has 0 saturated heterocycles. The second-order valence-electron chi connectivity index (χ2n) is 4.19. The molecule has 0 aliphatic carbocycles. The van der Waals surface area contributed by atoms with Crippen LogP contribution in [0.25, 0.3) is 0 Å². The molecule has 0 radical (unpaired) electrons. The van der Waals surface area contributed by atoms with Crippen molar-refractivity contribution in [2.24, 2.45) is 0 Å². The Labute approximate surface area is 89.1 Å². The molecular weight excluding hydrogens is 200 g/mol. The summed E-state index contributed by atoms with van der Waals surface area (Å²) >= 11 is 0. The molecule has 88 valence electrons.